The van der Waals surface area contributed by atoms with E-state index in [9.17, 15) is 9.18 Å². The molecule has 1 aliphatic rings. The highest BCUT2D eigenvalue weighted by atomic mass is 79.9. The van der Waals surface area contributed by atoms with Crippen molar-refractivity contribution in [1.29, 1.82) is 0 Å². The molecule has 0 radical (unpaired) electrons. The molecule has 0 saturated carbocycles. The first-order valence-electron chi connectivity index (χ1n) is 6.35. The van der Waals surface area contributed by atoms with Crippen LogP contribution in [0.1, 0.15) is 43.4 Å². The largest absolute Gasteiger partial charge is 0.481 e. The second-order valence-electron chi connectivity index (χ2n) is 5.29. The van der Waals surface area contributed by atoms with Crippen LogP contribution in [-0.2, 0) is 4.79 Å². The van der Waals surface area contributed by atoms with E-state index in [0.717, 1.165) is 5.56 Å². The quantitative estimate of drug-likeness (QED) is 0.892. The van der Waals surface area contributed by atoms with E-state index < -0.39 is 5.97 Å². The van der Waals surface area contributed by atoms with Gasteiger partial charge < -0.3 is 10.4 Å². The fourth-order valence-electron chi connectivity index (χ4n) is 2.43. The van der Waals surface area contributed by atoms with Gasteiger partial charge >= 0.3 is 5.97 Å². The van der Waals surface area contributed by atoms with Crippen molar-refractivity contribution in [3.63, 3.8) is 0 Å². The summed E-state index contributed by atoms with van der Waals surface area (Å²) in [5.41, 5.74) is 1.60. The number of hydrogen-bond acceptors (Lipinski definition) is 2. The van der Waals surface area contributed by atoms with Crippen molar-refractivity contribution in [2.24, 2.45) is 5.92 Å². The zero-order valence-corrected chi connectivity index (χ0v) is 12.5. The van der Waals surface area contributed by atoms with Crippen molar-refractivity contribution in [1.82, 2.24) is 5.32 Å². The van der Waals surface area contributed by atoms with Crippen LogP contribution in [0.15, 0.2) is 16.6 Å². The minimum absolute atomic E-state index is 0.0181. The predicted molar refractivity (Wildman–Crippen MR) is 74.7 cm³/mol. The topological polar surface area (TPSA) is 49.3 Å². The molecule has 1 aliphatic heterocycles. The Balaban J connectivity index is 2.29. The molecule has 0 amide bonds. The molecular weight excluding hydrogens is 313 g/mol. The minimum Gasteiger partial charge on any atom is -0.481 e. The average Bonchev–Trinajstić information content (AvgIpc) is 2.81. The van der Waals surface area contributed by atoms with Gasteiger partial charge in [-0.2, -0.15) is 0 Å². The van der Waals surface area contributed by atoms with Crippen molar-refractivity contribution in [3.05, 3.63) is 33.5 Å². The van der Waals surface area contributed by atoms with Gasteiger partial charge in [-0.05, 0) is 45.5 Å². The van der Waals surface area contributed by atoms with Crippen LogP contribution in [0, 0.1) is 11.7 Å². The van der Waals surface area contributed by atoms with E-state index in [-0.39, 0.29) is 23.7 Å². The Hall–Kier alpha value is -0.940. The maximum absolute atomic E-state index is 14.0. The predicted octanol–water partition coefficient (Wildman–Crippen LogP) is 3.45. The van der Waals surface area contributed by atoms with E-state index in [1.54, 1.807) is 6.07 Å². The highest BCUT2D eigenvalue weighted by molar-refractivity contribution is 9.10. The summed E-state index contributed by atoms with van der Waals surface area (Å²) in [6.45, 7) is 4.35. The van der Waals surface area contributed by atoms with E-state index >= 15 is 0 Å². The summed E-state index contributed by atoms with van der Waals surface area (Å²) in [7, 11) is 0. The molecule has 1 fully saturated rings. The first-order chi connectivity index (χ1) is 8.90. The Morgan fingerprint density at radius 3 is 2.74 bits per heavy atom. The minimum atomic E-state index is -0.778. The third-order valence-electron chi connectivity index (χ3n) is 3.58. The molecule has 5 heteroatoms. The number of hydrogen-bond donors (Lipinski definition) is 2. The standard InChI is InChI=1S/C14H17BrFNO2/c1-7(2)10-3-8(4-11(15)13(10)16)12-5-9(6-17-12)14(18)19/h3-4,7,9,12,17H,5-6H2,1-2H3,(H,18,19). The highest BCUT2D eigenvalue weighted by Gasteiger charge is 2.30. The number of carboxylic acid groups (broad SMARTS) is 1. The van der Waals surface area contributed by atoms with E-state index in [4.69, 9.17) is 5.11 Å². The Kier molecular flexibility index (Phi) is 4.26. The lowest BCUT2D eigenvalue weighted by Gasteiger charge is -2.16. The maximum atomic E-state index is 14.0. The van der Waals surface area contributed by atoms with Crippen LogP contribution in [0.2, 0.25) is 0 Å². The molecule has 0 aliphatic carbocycles. The van der Waals surface area contributed by atoms with E-state index in [0.29, 0.717) is 23.0 Å². The van der Waals surface area contributed by atoms with Crippen LogP contribution >= 0.6 is 15.9 Å². The fourth-order valence-corrected chi connectivity index (χ4v) is 2.92. The monoisotopic (exact) mass is 329 g/mol. The van der Waals surface area contributed by atoms with Gasteiger partial charge in [0.2, 0.25) is 0 Å². The molecule has 2 rings (SSSR count). The van der Waals surface area contributed by atoms with Crippen molar-refractivity contribution in [2.75, 3.05) is 6.54 Å². The molecule has 2 atom stereocenters. The van der Waals surface area contributed by atoms with Gasteiger partial charge in [-0.1, -0.05) is 19.9 Å². The number of aliphatic carboxylic acids is 1. The SMILES string of the molecule is CC(C)c1cc(C2CC(C(=O)O)CN2)cc(Br)c1F. The molecule has 0 bridgehead atoms. The van der Waals surface area contributed by atoms with Crippen LogP contribution < -0.4 is 5.32 Å². The van der Waals surface area contributed by atoms with Crippen LogP contribution in [0.25, 0.3) is 0 Å². The van der Waals surface area contributed by atoms with Crippen molar-refractivity contribution < 1.29 is 14.3 Å². The summed E-state index contributed by atoms with van der Waals surface area (Å²) in [5, 5.41) is 12.2. The molecule has 3 nitrogen and oxygen atoms in total. The van der Waals surface area contributed by atoms with Crippen LogP contribution in [0.5, 0.6) is 0 Å². The smallest absolute Gasteiger partial charge is 0.307 e. The molecule has 0 spiro atoms. The zero-order chi connectivity index (χ0) is 14.2. The average molecular weight is 330 g/mol. The van der Waals surface area contributed by atoms with Gasteiger partial charge in [0.25, 0.3) is 0 Å². The first-order valence-corrected chi connectivity index (χ1v) is 7.14. The molecule has 1 aromatic rings. The molecular formula is C14H17BrFNO2. The van der Waals surface area contributed by atoms with Gasteiger partial charge in [0.05, 0.1) is 10.4 Å². The van der Waals surface area contributed by atoms with Gasteiger partial charge in [0.1, 0.15) is 5.82 Å². The van der Waals surface area contributed by atoms with E-state index in [1.165, 1.54) is 0 Å². The number of halogens is 2. The van der Waals surface area contributed by atoms with Crippen LogP contribution in [0.4, 0.5) is 4.39 Å². The number of rotatable bonds is 3. The number of carbonyl (C=O) groups is 1. The summed E-state index contributed by atoms with van der Waals surface area (Å²) in [6, 6.07) is 3.56. The van der Waals surface area contributed by atoms with Crippen molar-refractivity contribution in [2.45, 2.75) is 32.2 Å². The first kappa shape index (κ1) is 14.5. The van der Waals surface area contributed by atoms with Gasteiger partial charge in [-0.3, -0.25) is 4.79 Å². The van der Waals surface area contributed by atoms with Crippen molar-refractivity contribution >= 4 is 21.9 Å². The zero-order valence-electron chi connectivity index (χ0n) is 10.9. The Labute approximate surface area is 120 Å². The van der Waals surface area contributed by atoms with Gasteiger partial charge in [-0.15, -0.1) is 0 Å². The summed E-state index contributed by atoms with van der Waals surface area (Å²) < 4.78 is 14.4. The van der Waals surface area contributed by atoms with E-state index in [1.807, 2.05) is 19.9 Å². The lowest BCUT2D eigenvalue weighted by atomic mass is 9.95. The second-order valence-corrected chi connectivity index (χ2v) is 6.15. The summed E-state index contributed by atoms with van der Waals surface area (Å²) in [5.74, 6) is -1.28. The Morgan fingerprint density at radius 1 is 1.53 bits per heavy atom. The second kappa shape index (κ2) is 5.59. The molecule has 19 heavy (non-hydrogen) atoms. The number of nitrogens with one attached hydrogen (secondary N) is 1. The van der Waals surface area contributed by atoms with Crippen LogP contribution in [0.3, 0.4) is 0 Å². The summed E-state index contributed by atoms with van der Waals surface area (Å²) in [6.07, 6.45) is 0.547. The summed E-state index contributed by atoms with van der Waals surface area (Å²) >= 11 is 3.24. The van der Waals surface area contributed by atoms with Gasteiger partial charge in [-0.25, -0.2) is 4.39 Å². The lowest BCUT2D eigenvalue weighted by molar-refractivity contribution is -0.141. The Morgan fingerprint density at radius 2 is 2.21 bits per heavy atom. The molecule has 1 saturated heterocycles. The fraction of sp³-hybridized carbons (Fsp3) is 0.500. The lowest BCUT2D eigenvalue weighted by Crippen LogP contribution is -2.17. The third-order valence-corrected chi connectivity index (χ3v) is 4.16. The molecule has 104 valence electrons. The highest BCUT2D eigenvalue weighted by Crippen LogP contribution is 2.33. The van der Waals surface area contributed by atoms with Gasteiger partial charge in [0.15, 0.2) is 0 Å². The van der Waals surface area contributed by atoms with Gasteiger partial charge in [0, 0.05) is 12.6 Å². The molecule has 1 aromatic carbocycles. The van der Waals surface area contributed by atoms with Crippen molar-refractivity contribution in [3.8, 4) is 0 Å². The third kappa shape index (κ3) is 2.98. The molecule has 1 heterocycles. The molecule has 2 N–H and O–H groups in total. The molecule has 2 unspecified atom stereocenters. The number of benzene rings is 1. The summed E-state index contributed by atoms with van der Waals surface area (Å²) in [4.78, 5) is 11.0. The normalized spacial score (nSPS) is 23.0. The van der Waals surface area contributed by atoms with E-state index in [2.05, 4.69) is 21.2 Å². The Bertz CT molecular complexity index is 504. The number of carboxylic acids is 1. The van der Waals surface area contributed by atoms with Crippen LogP contribution in [-0.4, -0.2) is 17.6 Å². The maximum Gasteiger partial charge on any atom is 0.307 e. The molecule has 0 aromatic heterocycles.